The van der Waals surface area contributed by atoms with Gasteiger partial charge in [0.15, 0.2) is 0 Å². The molecule has 0 saturated carbocycles. The van der Waals surface area contributed by atoms with E-state index < -0.39 is 12.0 Å². The average Bonchev–Trinajstić information content (AvgIpc) is 2.64. The molecule has 17 heavy (non-hydrogen) atoms. The number of aliphatic carboxylic acids is 1. The molecule has 3 rings (SSSR count). The number of benzene rings is 1. The van der Waals surface area contributed by atoms with Crippen LogP contribution in [-0.4, -0.2) is 22.1 Å². The first-order chi connectivity index (χ1) is 8.15. The summed E-state index contributed by atoms with van der Waals surface area (Å²) in [6.45, 7) is 2.65. The molecular formula is C13H14N2O2. The highest BCUT2D eigenvalue weighted by Gasteiger charge is 2.26. The maximum absolute atomic E-state index is 11.0. The minimum atomic E-state index is -0.780. The lowest BCUT2D eigenvalue weighted by Gasteiger charge is -2.20. The van der Waals surface area contributed by atoms with E-state index in [1.807, 2.05) is 0 Å². The number of aryl methyl sites for hydroxylation is 1. The Hall–Kier alpha value is -1.81. The van der Waals surface area contributed by atoms with Crippen LogP contribution in [0.25, 0.3) is 10.9 Å². The highest BCUT2D eigenvalue weighted by molar-refractivity contribution is 5.87. The summed E-state index contributed by atoms with van der Waals surface area (Å²) in [5.74, 6) is -0.780. The number of H-pyrrole nitrogens is 1. The fourth-order valence-electron chi connectivity index (χ4n) is 2.49. The van der Waals surface area contributed by atoms with Crippen LogP contribution in [-0.2, 0) is 17.8 Å². The molecule has 0 aliphatic carbocycles. The van der Waals surface area contributed by atoms with E-state index in [0.717, 1.165) is 22.2 Å². The number of carbonyl (C=O) groups is 1. The maximum atomic E-state index is 11.0. The quantitative estimate of drug-likeness (QED) is 0.696. The lowest BCUT2D eigenvalue weighted by Crippen LogP contribution is -2.41. The number of nitrogens with one attached hydrogen (secondary N) is 2. The third kappa shape index (κ3) is 1.61. The van der Waals surface area contributed by atoms with Crippen molar-refractivity contribution in [1.82, 2.24) is 10.3 Å². The minimum Gasteiger partial charge on any atom is -0.480 e. The van der Waals surface area contributed by atoms with Crippen molar-refractivity contribution >= 4 is 16.9 Å². The Balaban J connectivity index is 2.12. The number of aromatic nitrogens is 1. The first kappa shape index (κ1) is 10.4. The van der Waals surface area contributed by atoms with Gasteiger partial charge in [0.2, 0.25) is 0 Å². The molecule has 4 nitrogen and oxygen atoms in total. The van der Waals surface area contributed by atoms with Crippen LogP contribution >= 0.6 is 0 Å². The molecular weight excluding hydrogens is 216 g/mol. The van der Waals surface area contributed by atoms with Crippen LogP contribution in [0, 0.1) is 6.92 Å². The Kier molecular flexibility index (Phi) is 2.19. The molecule has 0 amide bonds. The van der Waals surface area contributed by atoms with Crippen molar-refractivity contribution < 1.29 is 9.90 Å². The summed E-state index contributed by atoms with van der Waals surface area (Å²) >= 11 is 0. The van der Waals surface area contributed by atoms with E-state index in [9.17, 15) is 4.79 Å². The van der Waals surface area contributed by atoms with E-state index in [1.54, 1.807) is 0 Å². The molecule has 1 aliphatic heterocycles. The lowest BCUT2D eigenvalue weighted by molar-refractivity contribution is -0.139. The molecule has 1 unspecified atom stereocenters. The summed E-state index contributed by atoms with van der Waals surface area (Å²) in [7, 11) is 0. The van der Waals surface area contributed by atoms with E-state index in [2.05, 4.69) is 35.4 Å². The summed E-state index contributed by atoms with van der Waals surface area (Å²) < 4.78 is 0. The Morgan fingerprint density at radius 2 is 2.29 bits per heavy atom. The smallest absolute Gasteiger partial charge is 0.321 e. The lowest BCUT2D eigenvalue weighted by atomic mass is 9.98. The first-order valence-corrected chi connectivity index (χ1v) is 5.71. The van der Waals surface area contributed by atoms with E-state index in [1.165, 1.54) is 5.56 Å². The fourth-order valence-corrected chi connectivity index (χ4v) is 2.49. The second-order valence-corrected chi connectivity index (χ2v) is 4.61. The normalized spacial score (nSPS) is 19.2. The standard InChI is InChI=1S/C13H14N2O2/c1-7-2-3-8-9-5-11(13(16)17)14-6-12(9)15-10(8)4-7/h2-4,11,14-15H,5-6H2,1H3,(H,16,17). The number of carboxylic acids is 1. The van der Waals surface area contributed by atoms with Crippen molar-refractivity contribution in [1.29, 1.82) is 0 Å². The van der Waals surface area contributed by atoms with Gasteiger partial charge >= 0.3 is 5.97 Å². The van der Waals surface area contributed by atoms with E-state index in [4.69, 9.17) is 5.11 Å². The van der Waals surface area contributed by atoms with Gasteiger partial charge in [-0.25, -0.2) is 0 Å². The highest BCUT2D eigenvalue weighted by Crippen LogP contribution is 2.27. The fraction of sp³-hybridized carbons (Fsp3) is 0.308. The molecule has 88 valence electrons. The number of rotatable bonds is 1. The molecule has 1 atom stereocenters. The minimum absolute atomic E-state index is 0.470. The second-order valence-electron chi connectivity index (χ2n) is 4.61. The number of fused-ring (bicyclic) bond motifs is 3. The van der Waals surface area contributed by atoms with Crippen LogP contribution < -0.4 is 5.32 Å². The molecule has 3 N–H and O–H groups in total. The third-order valence-corrected chi connectivity index (χ3v) is 3.38. The van der Waals surface area contributed by atoms with Crippen molar-refractivity contribution in [3.8, 4) is 0 Å². The molecule has 0 radical (unpaired) electrons. The van der Waals surface area contributed by atoms with Crippen molar-refractivity contribution in [2.45, 2.75) is 25.9 Å². The molecule has 2 aromatic rings. The number of hydrogen-bond donors (Lipinski definition) is 3. The Labute approximate surface area is 98.6 Å². The van der Waals surface area contributed by atoms with Gasteiger partial charge in [-0.1, -0.05) is 12.1 Å². The topological polar surface area (TPSA) is 65.1 Å². The first-order valence-electron chi connectivity index (χ1n) is 5.71. The predicted octanol–water partition coefficient (Wildman–Crippen LogP) is 1.58. The Morgan fingerprint density at radius 3 is 3.06 bits per heavy atom. The number of aromatic amines is 1. The zero-order valence-corrected chi connectivity index (χ0v) is 9.58. The molecule has 0 fully saturated rings. The van der Waals surface area contributed by atoms with Gasteiger partial charge in [0, 0.05) is 29.6 Å². The van der Waals surface area contributed by atoms with Crippen LogP contribution in [0.15, 0.2) is 18.2 Å². The predicted molar refractivity (Wildman–Crippen MR) is 65.0 cm³/mol. The van der Waals surface area contributed by atoms with Crippen LogP contribution in [0.1, 0.15) is 16.8 Å². The van der Waals surface area contributed by atoms with Gasteiger partial charge < -0.3 is 10.1 Å². The molecule has 2 heterocycles. The summed E-state index contributed by atoms with van der Waals surface area (Å²) in [5.41, 5.74) is 4.57. The average molecular weight is 230 g/mol. The van der Waals surface area contributed by atoms with Crippen LogP contribution in [0.3, 0.4) is 0 Å². The van der Waals surface area contributed by atoms with Crippen LogP contribution in [0.2, 0.25) is 0 Å². The zero-order chi connectivity index (χ0) is 12.0. The van der Waals surface area contributed by atoms with Gasteiger partial charge in [-0.2, -0.15) is 0 Å². The van der Waals surface area contributed by atoms with E-state index in [0.29, 0.717) is 13.0 Å². The SMILES string of the molecule is Cc1ccc2c3c([nH]c2c1)CNC(C(=O)O)C3. The zero-order valence-electron chi connectivity index (χ0n) is 9.58. The molecule has 0 saturated heterocycles. The van der Waals surface area contributed by atoms with Crippen molar-refractivity contribution in [3.05, 3.63) is 35.0 Å². The van der Waals surface area contributed by atoms with Crippen molar-refractivity contribution in [2.75, 3.05) is 0 Å². The van der Waals surface area contributed by atoms with Gasteiger partial charge in [0.25, 0.3) is 0 Å². The maximum Gasteiger partial charge on any atom is 0.321 e. The van der Waals surface area contributed by atoms with E-state index >= 15 is 0 Å². The van der Waals surface area contributed by atoms with Gasteiger partial charge in [-0.05, 0) is 24.1 Å². The summed E-state index contributed by atoms with van der Waals surface area (Å²) in [5, 5.41) is 13.2. The van der Waals surface area contributed by atoms with Crippen molar-refractivity contribution in [3.63, 3.8) is 0 Å². The third-order valence-electron chi connectivity index (χ3n) is 3.38. The molecule has 0 spiro atoms. The highest BCUT2D eigenvalue weighted by atomic mass is 16.4. The summed E-state index contributed by atoms with van der Waals surface area (Å²) in [4.78, 5) is 14.4. The van der Waals surface area contributed by atoms with Gasteiger partial charge in [-0.15, -0.1) is 0 Å². The van der Waals surface area contributed by atoms with Crippen molar-refractivity contribution in [2.24, 2.45) is 0 Å². The summed E-state index contributed by atoms with van der Waals surface area (Å²) in [6.07, 6.45) is 0.549. The van der Waals surface area contributed by atoms with Gasteiger partial charge in [0.05, 0.1) is 0 Å². The van der Waals surface area contributed by atoms with Gasteiger partial charge in [-0.3, -0.25) is 10.1 Å². The molecule has 1 aromatic heterocycles. The number of carboxylic acid groups (broad SMARTS) is 1. The van der Waals surface area contributed by atoms with Gasteiger partial charge in [0.1, 0.15) is 6.04 Å². The summed E-state index contributed by atoms with van der Waals surface area (Å²) in [6, 6.07) is 5.77. The van der Waals surface area contributed by atoms with Crippen LogP contribution in [0.5, 0.6) is 0 Å². The van der Waals surface area contributed by atoms with Crippen LogP contribution in [0.4, 0.5) is 0 Å². The second kappa shape index (κ2) is 3.60. The molecule has 1 aromatic carbocycles. The molecule has 4 heteroatoms. The largest absolute Gasteiger partial charge is 0.480 e. The molecule has 0 bridgehead atoms. The Bertz CT molecular complexity index is 601. The Morgan fingerprint density at radius 1 is 1.47 bits per heavy atom. The monoisotopic (exact) mass is 230 g/mol. The van der Waals surface area contributed by atoms with E-state index in [-0.39, 0.29) is 0 Å². The molecule has 1 aliphatic rings. The number of hydrogen-bond acceptors (Lipinski definition) is 2.